The monoisotopic (exact) mass is 433 g/mol. The van der Waals surface area contributed by atoms with Crippen LogP contribution in [-0.2, 0) is 15.6 Å². The maximum Gasteiger partial charge on any atom is 0.255 e. The Kier molecular flexibility index (Phi) is 5.64. The summed E-state index contributed by atoms with van der Waals surface area (Å²) in [6, 6.07) is 21.9. The largest absolute Gasteiger partial charge is 0.339 e. The zero-order valence-corrected chi connectivity index (χ0v) is 17.5. The van der Waals surface area contributed by atoms with Crippen LogP contribution < -0.4 is 5.32 Å². The Morgan fingerprint density at radius 2 is 1.71 bits per heavy atom. The molecule has 0 unspecified atom stereocenters. The topological polar surface area (TPSA) is 102 Å². The van der Waals surface area contributed by atoms with Gasteiger partial charge in [-0.3, -0.25) is 4.79 Å². The van der Waals surface area contributed by atoms with Gasteiger partial charge in [0.1, 0.15) is 0 Å². The zero-order valence-electron chi connectivity index (χ0n) is 16.6. The standard InChI is InChI=1S/C23H19N3O4S/c1-16-24-22(26-30-16)20-12-5-6-13-21(20)25-23(27)18-9-7-8-17(14-18)15-31(28,29)19-10-3-2-4-11-19/h2-14H,15H2,1H3,(H,25,27). The summed E-state index contributed by atoms with van der Waals surface area (Å²) in [6.45, 7) is 1.69. The molecule has 156 valence electrons. The van der Waals surface area contributed by atoms with E-state index in [1.807, 2.05) is 6.07 Å². The number of nitrogens with one attached hydrogen (secondary N) is 1. The van der Waals surface area contributed by atoms with E-state index in [-0.39, 0.29) is 16.6 Å². The van der Waals surface area contributed by atoms with Crippen molar-refractivity contribution in [2.45, 2.75) is 17.6 Å². The lowest BCUT2D eigenvalue weighted by atomic mass is 10.1. The molecular formula is C23H19N3O4S. The molecule has 0 atom stereocenters. The number of carbonyl (C=O) groups excluding carboxylic acids is 1. The van der Waals surface area contributed by atoms with E-state index in [2.05, 4.69) is 15.5 Å². The fourth-order valence-corrected chi connectivity index (χ4v) is 4.48. The minimum Gasteiger partial charge on any atom is -0.339 e. The maximum absolute atomic E-state index is 12.9. The Hall–Kier alpha value is -3.78. The van der Waals surface area contributed by atoms with Crippen LogP contribution in [0, 0.1) is 6.92 Å². The number of rotatable bonds is 6. The van der Waals surface area contributed by atoms with Crippen molar-refractivity contribution in [3.63, 3.8) is 0 Å². The Balaban J connectivity index is 1.56. The maximum atomic E-state index is 12.9. The summed E-state index contributed by atoms with van der Waals surface area (Å²) in [6.07, 6.45) is 0. The summed E-state index contributed by atoms with van der Waals surface area (Å²) in [5.41, 5.74) is 2.02. The summed E-state index contributed by atoms with van der Waals surface area (Å²) in [4.78, 5) is 17.3. The number of aromatic nitrogens is 2. The molecule has 1 heterocycles. The lowest BCUT2D eigenvalue weighted by molar-refractivity contribution is 0.102. The van der Waals surface area contributed by atoms with Crippen LogP contribution >= 0.6 is 0 Å². The van der Waals surface area contributed by atoms with Crippen molar-refractivity contribution in [2.75, 3.05) is 5.32 Å². The van der Waals surface area contributed by atoms with E-state index in [1.165, 1.54) is 0 Å². The van der Waals surface area contributed by atoms with Crippen molar-refractivity contribution in [1.82, 2.24) is 10.1 Å². The quantitative estimate of drug-likeness (QED) is 0.487. The number of amides is 1. The van der Waals surface area contributed by atoms with Crippen molar-refractivity contribution in [2.24, 2.45) is 0 Å². The number of hydrogen-bond donors (Lipinski definition) is 1. The summed E-state index contributed by atoms with van der Waals surface area (Å²) < 4.78 is 30.3. The molecule has 0 saturated heterocycles. The van der Waals surface area contributed by atoms with Crippen molar-refractivity contribution in [3.05, 3.63) is 95.9 Å². The van der Waals surface area contributed by atoms with E-state index < -0.39 is 9.84 Å². The van der Waals surface area contributed by atoms with Gasteiger partial charge in [0.05, 0.1) is 16.3 Å². The van der Waals surface area contributed by atoms with Gasteiger partial charge in [0.25, 0.3) is 5.91 Å². The van der Waals surface area contributed by atoms with Crippen LogP contribution in [0.4, 0.5) is 5.69 Å². The van der Waals surface area contributed by atoms with Crippen molar-refractivity contribution >= 4 is 21.4 Å². The Labute approximate surface area is 179 Å². The average Bonchev–Trinajstić information content (AvgIpc) is 3.21. The molecule has 0 fully saturated rings. The minimum atomic E-state index is -3.51. The van der Waals surface area contributed by atoms with E-state index in [4.69, 9.17) is 4.52 Å². The van der Waals surface area contributed by atoms with E-state index in [0.29, 0.717) is 34.1 Å². The molecule has 1 aromatic heterocycles. The molecule has 0 saturated carbocycles. The molecule has 7 nitrogen and oxygen atoms in total. The van der Waals surface area contributed by atoms with Gasteiger partial charge in [-0.2, -0.15) is 4.98 Å². The molecule has 1 N–H and O–H groups in total. The minimum absolute atomic E-state index is 0.198. The zero-order chi connectivity index (χ0) is 21.8. The fraction of sp³-hybridized carbons (Fsp3) is 0.0870. The highest BCUT2D eigenvalue weighted by atomic mass is 32.2. The van der Waals surface area contributed by atoms with Gasteiger partial charge in [0.15, 0.2) is 9.84 Å². The van der Waals surface area contributed by atoms with Crippen LogP contribution in [0.25, 0.3) is 11.4 Å². The smallest absolute Gasteiger partial charge is 0.255 e. The van der Waals surface area contributed by atoms with Crippen molar-refractivity contribution in [1.29, 1.82) is 0 Å². The Bertz CT molecular complexity index is 1330. The lowest BCUT2D eigenvalue weighted by Crippen LogP contribution is -2.13. The predicted molar refractivity (Wildman–Crippen MR) is 116 cm³/mol. The summed E-state index contributed by atoms with van der Waals surface area (Å²) >= 11 is 0. The molecule has 1 amide bonds. The third-order valence-electron chi connectivity index (χ3n) is 4.59. The van der Waals surface area contributed by atoms with Crippen LogP contribution in [0.1, 0.15) is 21.8 Å². The van der Waals surface area contributed by atoms with Crippen LogP contribution in [0.3, 0.4) is 0 Å². The normalized spacial score (nSPS) is 11.3. The molecule has 0 aliphatic rings. The number of carbonyl (C=O) groups is 1. The second kappa shape index (κ2) is 8.53. The number of benzene rings is 3. The van der Waals surface area contributed by atoms with Gasteiger partial charge in [0, 0.05) is 18.1 Å². The molecule has 0 aliphatic heterocycles. The van der Waals surface area contributed by atoms with E-state index in [1.54, 1.807) is 79.7 Å². The Morgan fingerprint density at radius 3 is 2.45 bits per heavy atom. The van der Waals surface area contributed by atoms with Crippen LogP contribution in [0.15, 0.2) is 88.3 Å². The molecule has 0 aliphatic carbocycles. The molecule has 31 heavy (non-hydrogen) atoms. The third kappa shape index (κ3) is 4.70. The fourth-order valence-electron chi connectivity index (χ4n) is 3.12. The average molecular weight is 433 g/mol. The molecule has 3 aromatic carbocycles. The predicted octanol–water partition coefficient (Wildman–Crippen LogP) is 4.27. The van der Waals surface area contributed by atoms with Gasteiger partial charge in [-0.25, -0.2) is 8.42 Å². The first-order valence-corrected chi connectivity index (χ1v) is 11.2. The number of nitrogens with zero attached hydrogens (tertiary/aromatic N) is 2. The molecule has 0 radical (unpaired) electrons. The SMILES string of the molecule is Cc1nc(-c2ccccc2NC(=O)c2cccc(CS(=O)(=O)c3ccccc3)c2)no1. The van der Waals surface area contributed by atoms with Gasteiger partial charge in [0.2, 0.25) is 11.7 Å². The van der Waals surface area contributed by atoms with Crippen LogP contribution in [0.5, 0.6) is 0 Å². The van der Waals surface area contributed by atoms with Crippen LogP contribution in [0.2, 0.25) is 0 Å². The second-order valence-corrected chi connectivity index (χ2v) is 8.90. The van der Waals surface area contributed by atoms with Gasteiger partial charge >= 0.3 is 0 Å². The number of anilines is 1. The number of hydrogen-bond acceptors (Lipinski definition) is 6. The summed E-state index contributed by atoms with van der Waals surface area (Å²) in [7, 11) is -3.51. The van der Waals surface area contributed by atoms with Crippen molar-refractivity contribution in [3.8, 4) is 11.4 Å². The van der Waals surface area contributed by atoms with Gasteiger partial charge in [-0.15, -0.1) is 0 Å². The van der Waals surface area contributed by atoms with Crippen molar-refractivity contribution < 1.29 is 17.7 Å². The molecule has 0 spiro atoms. The first-order chi connectivity index (χ1) is 14.9. The Morgan fingerprint density at radius 1 is 0.968 bits per heavy atom. The van der Waals surface area contributed by atoms with E-state index in [9.17, 15) is 13.2 Å². The van der Waals surface area contributed by atoms with E-state index >= 15 is 0 Å². The highest BCUT2D eigenvalue weighted by Gasteiger charge is 2.17. The van der Waals surface area contributed by atoms with Crippen LogP contribution in [-0.4, -0.2) is 24.5 Å². The van der Waals surface area contributed by atoms with Gasteiger partial charge in [-0.1, -0.05) is 47.6 Å². The highest BCUT2D eigenvalue weighted by molar-refractivity contribution is 7.90. The molecular weight excluding hydrogens is 414 g/mol. The van der Waals surface area contributed by atoms with E-state index in [0.717, 1.165) is 0 Å². The third-order valence-corrected chi connectivity index (χ3v) is 6.30. The number of para-hydroxylation sites is 1. The summed E-state index contributed by atoms with van der Waals surface area (Å²) in [5.74, 6) is 0.225. The molecule has 4 aromatic rings. The first-order valence-electron chi connectivity index (χ1n) is 9.50. The summed E-state index contributed by atoms with van der Waals surface area (Å²) in [5, 5.41) is 6.75. The second-order valence-electron chi connectivity index (χ2n) is 6.91. The first kappa shape index (κ1) is 20.5. The lowest BCUT2D eigenvalue weighted by Gasteiger charge is -2.10. The molecule has 4 rings (SSSR count). The number of aryl methyl sites for hydroxylation is 1. The highest BCUT2D eigenvalue weighted by Crippen LogP contribution is 2.26. The van der Waals surface area contributed by atoms with Gasteiger partial charge in [-0.05, 0) is 42.0 Å². The molecule has 0 bridgehead atoms. The molecule has 8 heteroatoms. The number of sulfone groups is 1. The van der Waals surface area contributed by atoms with Gasteiger partial charge < -0.3 is 9.84 Å².